The van der Waals surface area contributed by atoms with Crippen LogP contribution in [0.25, 0.3) is 0 Å². The molecule has 0 aliphatic carbocycles. The van der Waals surface area contributed by atoms with Crippen molar-refractivity contribution < 1.29 is 18.1 Å². The normalized spacial score (nSPS) is 11.2. The highest BCUT2D eigenvalue weighted by molar-refractivity contribution is 7.89. The molecule has 0 unspecified atom stereocenters. The number of nitrogens with zero attached hydrogens (tertiary/aromatic N) is 1. The summed E-state index contributed by atoms with van der Waals surface area (Å²) < 4.78 is 27.1. The number of nitro benzene ring substituents is 1. The lowest BCUT2D eigenvalue weighted by Gasteiger charge is -2.09. The molecule has 29 heavy (non-hydrogen) atoms. The van der Waals surface area contributed by atoms with E-state index < -0.39 is 20.9 Å². The summed E-state index contributed by atoms with van der Waals surface area (Å²) in [7, 11) is -3.59. The number of carbonyl (C=O) groups is 1. The molecule has 8 nitrogen and oxygen atoms in total. The Morgan fingerprint density at radius 2 is 1.72 bits per heavy atom. The summed E-state index contributed by atoms with van der Waals surface area (Å²) in [5, 5.41) is 13.7. The van der Waals surface area contributed by atoms with Gasteiger partial charge >= 0.3 is 0 Å². The Kier molecular flexibility index (Phi) is 8.29. The second-order valence-corrected chi connectivity index (χ2v) is 8.36. The third-order valence-electron chi connectivity index (χ3n) is 4.31. The van der Waals surface area contributed by atoms with Gasteiger partial charge in [0.25, 0.3) is 5.69 Å². The first-order valence-electron chi connectivity index (χ1n) is 9.45. The third-order valence-corrected chi connectivity index (χ3v) is 5.79. The molecule has 0 fully saturated rings. The number of hydrogen-bond acceptors (Lipinski definition) is 5. The van der Waals surface area contributed by atoms with Crippen LogP contribution < -0.4 is 10.0 Å². The van der Waals surface area contributed by atoms with Crippen LogP contribution in [0.15, 0.2) is 53.4 Å². The van der Waals surface area contributed by atoms with Gasteiger partial charge in [-0.25, -0.2) is 13.1 Å². The van der Waals surface area contributed by atoms with Gasteiger partial charge in [0.2, 0.25) is 15.9 Å². The lowest BCUT2D eigenvalue weighted by molar-refractivity contribution is -0.385. The highest BCUT2D eigenvalue weighted by Crippen LogP contribution is 2.19. The summed E-state index contributed by atoms with van der Waals surface area (Å²) >= 11 is 0. The minimum atomic E-state index is -3.59. The largest absolute Gasteiger partial charge is 0.326 e. The average molecular weight is 420 g/mol. The first kappa shape index (κ1) is 22.5. The zero-order chi connectivity index (χ0) is 21.3. The fourth-order valence-corrected chi connectivity index (χ4v) is 3.85. The van der Waals surface area contributed by atoms with Crippen LogP contribution in [0, 0.1) is 10.1 Å². The number of carbonyl (C=O) groups excluding carboxylic acids is 1. The van der Waals surface area contributed by atoms with Gasteiger partial charge in [-0.1, -0.05) is 44.4 Å². The number of nitrogens with one attached hydrogen (secondary N) is 2. The van der Waals surface area contributed by atoms with E-state index >= 15 is 0 Å². The maximum absolute atomic E-state index is 12.3. The first-order chi connectivity index (χ1) is 13.8. The number of rotatable bonds is 11. The Bertz CT molecular complexity index is 943. The zero-order valence-corrected chi connectivity index (χ0v) is 17.1. The Morgan fingerprint density at radius 3 is 2.38 bits per heavy atom. The highest BCUT2D eigenvalue weighted by atomic mass is 32.2. The van der Waals surface area contributed by atoms with Crippen molar-refractivity contribution in [3.05, 3.63) is 64.2 Å². The van der Waals surface area contributed by atoms with E-state index in [1.54, 1.807) is 6.07 Å². The van der Waals surface area contributed by atoms with Crippen LogP contribution in [-0.2, 0) is 21.2 Å². The molecule has 0 aromatic heterocycles. The molecule has 2 N–H and O–H groups in total. The number of unbranched alkanes of at least 4 members (excludes halogenated alkanes) is 3. The standard InChI is InChI=1S/C20H25N3O5S/c1-2-3-4-7-14-21-29(27,28)18-12-10-17(11-13-18)22-20(24)15-16-8-5-6-9-19(16)23(25)26/h5-6,8-13,21H,2-4,7,14-15H2,1H3,(H,22,24). The van der Waals surface area contributed by atoms with E-state index in [1.807, 2.05) is 0 Å². The monoisotopic (exact) mass is 419 g/mol. The molecule has 0 atom stereocenters. The van der Waals surface area contributed by atoms with Gasteiger partial charge in [0.05, 0.1) is 16.2 Å². The van der Waals surface area contributed by atoms with E-state index in [9.17, 15) is 23.3 Å². The minimum absolute atomic E-state index is 0.115. The summed E-state index contributed by atoms with van der Waals surface area (Å²) in [6.07, 6.45) is 3.76. The smallest absolute Gasteiger partial charge is 0.273 e. The number of para-hydroxylation sites is 1. The maximum atomic E-state index is 12.3. The molecule has 0 spiro atoms. The summed E-state index contributed by atoms with van der Waals surface area (Å²) in [5.41, 5.74) is 0.603. The van der Waals surface area contributed by atoms with Crippen LogP contribution in [0.2, 0.25) is 0 Å². The van der Waals surface area contributed by atoms with E-state index in [0.29, 0.717) is 17.8 Å². The molecule has 0 aliphatic heterocycles. The molecule has 156 valence electrons. The Labute approximate surface area is 170 Å². The van der Waals surface area contributed by atoms with Crippen LogP contribution in [0.4, 0.5) is 11.4 Å². The number of benzene rings is 2. The van der Waals surface area contributed by atoms with E-state index in [4.69, 9.17) is 0 Å². The van der Waals surface area contributed by atoms with Gasteiger partial charge in [0, 0.05) is 23.9 Å². The van der Waals surface area contributed by atoms with Gasteiger partial charge in [-0.3, -0.25) is 14.9 Å². The van der Waals surface area contributed by atoms with Gasteiger partial charge in [-0.15, -0.1) is 0 Å². The Hall–Kier alpha value is -2.78. The van der Waals surface area contributed by atoms with E-state index in [2.05, 4.69) is 17.0 Å². The van der Waals surface area contributed by atoms with Gasteiger partial charge in [-0.05, 0) is 30.7 Å². The second kappa shape index (κ2) is 10.7. The molecule has 0 saturated carbocycles. The van der Waals surface area contributed by atoms with Crippen molar-refractivity contribution >= 4 is 27.3 Å². The fourth-order valence-electron chi connectivity index (χ4n) is 2.78. The Morgan fingerprint density at radius 1 is 1.03 bits per heavy atom. The molecule has 2 rings (SSSR count). The third kappa shape index (κ3) is 6.95. The summed E-state index contributed by atoms with van der Waals surface area (Å²) in [6, 6.07) is 11.8. The molecular weight excluding hydrogens is 394 g/mol. The lowest BCUT2D eigenvalue weighted by atomic mass is 10.1. The molecule has 0 aliphatic rings. The summed E-state index contributed by atoms with van der Waals surface area (Å²) in [6.45, 7) is 2.47. The topological polar surface area (TPSA) is 118 Å². The number of amides is 1. The zero-order valence-electron chi connectivity index (χ0n) is 16.3. The molecule has 0 radical (unpaired) electrons. The predicted octanol–water partition coefficient (Wildman–Crippen LogP) is 3.63. The quantitative estimate of drug-likeness (QED) is 0.327. The van der Waals surface area contributed by atoms with Crippen molar-refractivity contribution in [1.82, 2.24) is 4.72 Å². The second-order valence-electron chi connectivity index (χ2n) is 6.59. The van der Waals surface area contributed by atoms with Crippen molar-refractivity contribution in [1.29, 1.82) is 0 Å². The lowest BCUT2D eigenvalue weighted by Crippen LogP contribution is -2.24. The van der Waals surface area contributed by atoms with Gasteiger partial charge in [0.15, 0.2) is 0 Å². The summed E-state index contributed by atoms with van der Waals surface area (Å²) in [5.74, 6) is -0.427. The number of hydrogen-bond donors (Lipinski definition) is 2. The molecule has 0 bridgehead atoms. The highest BCUT2D eigenvalue weighted by Gasteiger charge is 2.16. The van der Waals surface area contributed by atoms with Gasteiger partial charge in [0.1, 0.15) is 0 Å². The van der Waals surface area contributed by atoms with Crippen LogP contribution in [-0.4, -0.2) is 25.8 Å². The van der Waals surface area contributed by atoms with E-state index in [0.717, 1.165) is 25.7 Å². The SMILES string of the molecule is CCCCCCNS(=O)(=O)c1ccc(NC(=O)Cc2ccccc2[N+](=O)[O-])cc1. The van der Waals surface area contributed by atoms with Crippen molar-refractivity contribution in [3.8, 4) is 0 Å². The van der Waals surface area contributed by atoms with Gasteiger partial charge in [-0.2, -0.15) is 0 Å². The van der Waals surface area contributed by atoms with E-state index in [1.165, 1.54) is 42.5 Å². The van der Waals surface area contributed by atoms with E-state index in [-0.39, 0.29) is 17.0 Å². The molecule has 0 saturated heterocycles. The van der Waals surface area contributed by atoms with Crippen LogP contribution >= 0.6 is 0 Å². The van der Waals surface area contributed by atoms with Gasteiger partial charge < -0.3 is 5.32 Å². The molecule has 9 heteroatoms. The predicted molar refractivity (Wildman–Crippen MR) is 111 cm³/mol. The molecule has 2 aromatic rings. The van der Waals surface area contributed by atoms with Crippen molar-refractivity contribution in [2.75, 3.05) is 11.9 Å². The minimum Gasteiger partial charge on any atom is -0.326 e. The summed E-state index contributed by atoms with van der Waals surface area (Å²) in [4.78, 5) is 22.8. The average Bonchev–Trinajstić information content (AvgIpc) is 2.68. The Balaban J connectivity index is 1.95. The van der Waals surface area contributed by atoms with Crippen LogP contribution in [0.1, 0.15) is 38.2 Å². The molecule has 2 aromatic carbocycles. The van der Waals surface area contributed by atoms with Crippen molar-refractivity contribution in [2.45, 2.75) is 43.9 Å². The first-order valence-corrected chi connectivity index (χ1v) is 10.9. The number of anilines is 1. The van der Waals surface area contributed by atoms with Crippen LogP contribution in [0.3, 0.4) is 0 Å². The number of nitro groups is 1. The van der Waals surface area contributed by atoms with Crippen molar-refractivity contribution in [2.24, 2.45) is 0 Å². The maximum Gasteiger partial charge on any atom is 0.273 e. The fraction of sp³-hybridized carbons (Fsp3) is 0.350. The molecular formula is C20H25N3O5S. The molecule has 0 heterocycles. The van der Waals surface area contributed by atoms with Crippen molar-refractivity contribution in [3.63, 3.8) is 0 Å². The molecule has 1 amide bonds. The number of sulfonamides is 1. The van der Waals surface area contributed by atoms with Crippen LogP contribution in [0.5, 0.6) is 0 Å².